The third kappa shape index (κ3) is 3.30. The Morgan fingerprint density at radius 1 is 1.22 bits per heavy atom. The zero-order valence-electron chi connectivity index (χ0n) is 15.8. The van der Waals surface area contributed by atoms with Crippen LogP contribution in [0.25, 0.3) is 0 Å². The van der Waals surface area contributed by atoms with Crippen LogP contribution >= 0.6 is 0 Å². The monoisotopic (exact) mass is 390 g/mol. The zero-order chi connectivity index (χ0) is 19.2. The van der Waals surface area contributed by atoms with Gasteiger partial charge in [-0.3, -0.25) is 0 Å². The summed E-state index contributed by atoms with van der Waals surface area (Å²) in [5, 5.41) is 4.08. The third-order valence-corrected chi connectivity index (χ3v) is 7.94. The lowest BCUT2D eigenvalue weighted by molar-refractivity contribution is 0.227. The molecule has 2 aliphatic rings. The van der Waals surface area contributed by atoms with Gasteiger partial charge in [-0.05, 0) is 57.6 Å². The molecule has 2 aromatic rings. The summed E-state index contributed by atoms with van der Waals surface area (Å²) in [5.41, 5.74) is 7.67. The number of benzene rings is 1. The van der Waals surface area contributed by atoms with Crippen LogP contribution in [0.1, 0.15) is 60.9 Å². The molecule has 1 aliphatic heterocycles. The Morgan fingerprint density at radius 2 is 1.93 bits per heavy atom. The van der Waals surface area contributed by atoms with E-state index in [1.807, 2.05) is 26.0 Å². The summed E-state index contributed by atoms with van der Waals surface area (Å²) in [5.74, 6) is 1.26. The molecule has 2 heterocycles. The van der Waals surface area contributed by atoms with Crippen molar-refractivity contribution in [2.75, 3.05) is 13.1 Å². The number of sulfonamides is 1. The average Bonchev–Trinajstić information content (AvgIpc) is 3.10. The van der Waals surface area contributed by atoms with Crippen LogP contribution < -0.4 is 5.73 Å². The smallest absolute Gasteiger partial charge is 0.243 e. The van der Waals surface area contributed by atoms with Gasteiger partial charge in [-0.2, -0.15) is 9.29 Å². The van der Waals surface area contributed by atoms with Gasteiger partial charge in [0.05, 0.1) is 10.4 Å². The van der Waals surface area contributed by atoms with Crippen LogP contribution in [-0.4, -0.2) is 36.0 Å². The Bertz CT molecular complexity index is 942. The van der Waals surface area contributed by atoms with Gasteiger partial charge in [0.1, 0.15) is 0 Å². The summed E-state index contributed by atoms with van der Waals surface area (Å²) in [6.45, 7) is 4.70. The predicted molar refractivity (Wildman–Crippen MR) is 101 cm³/mol. The van der Waals surface area contributed by atoms with E-state index in [2.05, 4.69) is 10.1 Å². The highest BCUT2D eigenvalue weighted by Crippen LogP contribution is 2.38. The minimum atomic E-state index is -3.48. The predicted octanol–water partition coefficient (Wildman–Crippen LogP) is 2.59. The van der Waals surface area contributed by atoms with Gasteiger partial charge in [-0.1, -0.05) is 22.9 Å². The van der Waals surface area contributed by atoms with Gasteiger partial charge in [0.25, 0.3) is 0 Å². The normalized spacial score (nSPS) is 21.1. The van der Waals surface area contributed by atoms with Crippen LogP contribution in [0.5, 0.6) is 0 Å². The molecule has 7 nitrogen and oxygen atoms in total. The van der Waals surface area contributed by atoms with Crippen molar-refractivity contribution in [3.05, 3.63) is 41.0 Å². The quantitative estimate of drug-likeness (QED) is 0.861. The van der Waals surface area contributed by atoms with Crippen LogP contribution in [0.15, 0.2) is 27.6 Å². The van der Waals surface area contributed by atoms with Crippen LogP contribution in [0, 0.1) is 13.8 Å². The highest BCUT2D eigenvalue weighted by Gasteiger charge is 2.40. The molecule has 1 saturated carbocycles. The summed E-state index contributed by atoms with van der Waals surface area (Å²) in [6, 6.07) is 5.45. The van der Waals surface area contributed by atoms with Gasteiger partial charge in [-0.25, -0.2) is 8.42 Å². The second kappa shape index (κ2) is 6.68. The lowest BCUT2D eigenvalue weighted by atomic mass is 9.77. The van der Waals surface area contributed by atoms with Crippen LogP contribution in [-0.2, 0) is 15.6 Å². The maximum Gasteiger partial charge on any atom is 0.243 e. The molecule has 0 unspecified atom stereocenters. The number of hydrogen-bond acceptors (Lipinski definition) is 6. The lowest BCUT2D eigenvalue weighted by Crippen LogP contribution is -2.44. The summed E-state index contributed by atoms with van der Waals surface area (Å²) >= 11 is 0. The first kappa shape index (κ1) is 18.6. The van der Waals surface area contributed by atoms with Crippen LogP contribution in [0.2, 0.25) is 0 Å². The van der Waals surface area contributed by atoms with E-state index in [1.165, 1.54) is 0 Å². The first-order chi connectivity index (χ1) is 12.8. The van der Waals surface area contributed by atoms with E-state index < -0.39 is 15.6 Å². The standard InChI is InChI=1S/C19H26N4O3S/c1-13-4-5-16(14(2)12-13)27(24,25)23-10-6-15(7-11-23)17-21-18(22-26-17)19(20)8-3-9-19/h4-5,12,15H,3,6-11,20H2,1-2H3. The number of hydrogen-bond donors (Lipinski definition) is 1. The van der Waals surface area contributed by atoms with Crippen molar-refractivity contribution in [2.45, 2.75) is 62.3 Å². The van der Waals surface area contributed by atoms with Crippen molar-refractivity contribution in [2.24, 2.45) is 5.73 Å². The number of nitrogens with two attached hydrogens (primary N) is 1. The van der Waals surface area contributed by atoms with Gasteiger partial charge in [0.2, 0.25) is 15.9 Å². The minimum absolute atomic E-state index is 0.0838. The number of nitrogens with zero attached hydrogens (tertiary/aromatic N) is 3. The largest absolute Gasteiger partial charge is 0.339 e. The molecular weight excluding hydrogens is 364 g/mol. The van der Waals surface area contributed by atoms with E-state index in [0.29, 0.717) is 42.5 Å². The number of piperidine rings is 1. The molecule has 2 fully saturated rings. The van der Waals surface area contributed by atoms with Crippen molar-refractivity contribution in [1.82, 2.24) is 14.4 Å². The van der Waals surface area contributed by atoms with E-state index in [4.69, 9.17) is 10.3 Å². The van der Waals surface area contributed by atoms with Crippen molar-refractivity contribution in [3.63, 3.8) is 0 Å². The zero-order valence-corrected chi connectivity index (χ0v) is 16.6. The molecule has 1 aromatic heterocycles. The van der Waals surface area contributed by atoms with Crippen molar-refractivity contribution >= 4 is 10.0 Å². The minimum Gasteiger partial charge on any atom is -0.339 e. The van der Waals surface area contributed by atoms with E-state index in [-0.39, 0.29) is 5.92 Å². The summed E-state index contributed by atoms with van der Waals surface area (Å²) in [6.07, 6.45) is 4.21. The maximum absolute atomic E-state index is 13.0. The van der Waals surface area contributed by atoms with Gasteiger partial charge in [0.15, 0.2) is 5.82 Å². The van der Waals surface area contributed by atoms with Gasteiger partial charge in [0, 0.05) is 19.0 Å². The molecule has 0 bridgehead atoms. The lowest BCUT2D eigenvalue weighted by Gasteiger charge is -2.34. The Kier molecular flexibility index (Phi) is 4.60. The molecule has 0 radical (unpaired) electrons. The average molecular weight is 391 g/mol. The van der Waals surface area contributed by atoms with Crippen LogP contribution in [0.3, 0.4) is 0 Å². The van der Waals surface area contributed by atoms with Crippen LogP contribution in [0.4, 0.5) is 0 Å². The summed E-state index contributed by atoms with van der Waals surface area (Å²) < 4.78 is 33.0. The molecule has 4 rings (SSSR count). The second-order valence-corrected chi connectivity index (χ2v) is 9.82. The van der Waals surface area contributed by atoms with E-state index in [1.54, 1.807) is 10.4 Å². The molecule has 1 saturated heterocycles. The van der Waals surface area contributed by atoms with Gasteiger partial charge < -0.3 is 10.3 Å². The Hall–Kier alpha value is -1.77. The Morgan fingerprint density at radius 3 is 2.52 bits per heavy atom. The SMILES string of the molecule is Cc1ccc(S(=O)(=O)N2CCC(c3nc(C4(N)CCC4)no3)CC2)c(C)c1. The molecular formula is C19H26N4O3S. The molecule has 27 heavy (non-hydrogen) atoms. The second-order valence-electron chi connectivity index (χ2n) is 7.91. The molecule has 2 N–H and O–H groups in total. The van der Waals surface area contributed by atoms with E-state index in [9.17, 15) is 8.42 Å². The molecule has 146 valence electrons. The Balaban J connectivity index is 1.46. The summed E-state index contributed by atoms with van der Waals surface area (Å²) in [7, 11) is -3.48. The number of aryl methyl sites for hydroxylation is 2. The molecule has 0 atom stereocenters. The Labute approximate surface area is 160 Å². The fourth-order valence-electron chi connectivity index (χ4n) is 3.96. The fraction of sp³-hybridized carbons (Fsp3) is 0.579. The number of rotatable bonds is 4. The molecule has 0 spiro atoms. The highest BCUT2D eigenvalue weighted by atomic mass is 32.2. The number of aromatic nitrogens is 2. The van der Waals surface area contributed by atoms with Gasteiger partial charge >= 0.3 is 0 Å². The fourth-order valence-corrected chi connectivity index (χ4v) is 5.63. The summed E-state index contributed by atoms with van der Waals surface area (Å²) in [4.78, 5) is 4.92. The van der Waals surface area contributed by atoms with Crippen molar-refractivity contribution in [1.29, 1.82) is 0 Å². The molecule has 1 aliphatic carbocycles. The van der Waals surface area contributed by atoms with Crippen molar-refractivity contribution < 1.29 is 12.9 Å². The van der Waals surface area contributed by atoms with Crippen molar-refractivity contribution in [3.8, 4) is 0 Å². The molecule has 1 aromatic carbocycles. The highest BCUT2D eigenvalue weighted by molar-refractivity contribution is 7.89. The first-order valence-electron chi connectivity index (χ1n) is 9.50. The molecule has 0 amide bonds. The topological polar surface area (TPSA) is 102 Å². The third-order valence-electron chi connectivity index (χ3n) is 5.88. The maximum atomic E-state index is 13.0. The van der Waals surface area contributed by atoms with E-state index in [0.717, 1.165) is 30.4 Å². The van der Waals surface area contributed by atoms with E-state index >= 15 is 0 Å². The first-order valence-corrected chi connectivity index (χ1v) is 10.9. The molecule has 8 heteroatoms. The van der Waals surface area contributed by atoms with Gasteiger partial charge in [-0.15, -0.1) is 0 Å².